The molecule has 6 heteroatoms. The zero-order chi connectivity index (χ0) is 15.3. The summed E-state index contributed by atoms with van der Waals surface area (Å²) in [5, 5.41) is 0. The van der Waals surface area contributed by atoms with Crippen LogP contribution in [0.4, 0.5) is 4.39 Å². The molecule has 4 nitrogen and oxygen atoms in total. The maximum absolute atomic E-state index is 12.8. The highest BCUT2D eigenvalue weighted by atomic mass is 32.2. The van der Waals surface area contributed by atoms with Gasteiger partial charge in [0.25, 0.3) is 0 Å². The van der Waals surface area contributed by atoms with Crippen LogP contribution in [0.5, 0.6) is 5.75 Å². The zero-order valence-corrected chi connectivity index (χ0v) is 13.1. The van der Waals surface area contributed by atoms with Crippen molar-refractivity contribution in [2.45, 2.75) is 26.2 Å². The second kappa shape index (κ2) is 7.22. The molecule has 0 aliphatic carbocycles. The molecule has 1 aliphatic heterocycles. The van der Waals surface area contributed by atoms with Crippen LogP contribution in [-0.2, 0) is 10.0 Å². The lowest BCUT2D eigenvalue weighted by Gasteiger charge is -2.31. The van der Waals surface area contributed by atoms with Crippen LogP contribution in [0.15, 0.2) is 24.3 Å². The first-order valence-electron chi connectivity index (χ1n) is 7.37. The fourth-order valence-corrected chi connectivity index (χ4v) is 4.03. The first-order valence-corrected chi connectivity index (χ1v) is 8.98. The van der Waals surface area contributed by atoms with Gasteiger partial charge in [-0.1, -0.05) is 6.92 Å². The van der Waals surface area contributed by atoms with Crippen molar-refractivity contribution in [3.05, 3.63) is 30.1 Å². The summed E-state index contributed by atoms with van der Waals surface area (Å²) in [7, 11) is -3.08. The number of halogens is 1. The molecule has 0 amide bonds. The molecular weight excluding hydrogens is 293 g/mol. The van der Waals surface area contributed by atoms with Crippen LogP contribution in [0.3, 0.4) is 0 Å². The van der Waals surface area contributed by atoms with Crippen molar-refractivity contribution in [3.8, 4) is 5.75 Å². The largest absolute Gasteiger partial charge is 0.493 e. The lowest BCUT2D eigenvalue weighted by molar-refractivity contribution is 0.185. The number of nitrogens with zero attached hydrogens (tertiary/aromatic N) is 1. The van der Waals surface area contributed by atoms with Gasteiger partial charge in [-0.25, -0.2) is 17.1 Å². The molecule has 0 saturated carbocycles. The Bertz CT molecular complexity index is 537. The van der Waals surface area contributed by atoms with Crippen LogP contribution >= 0.6 is 0 Å². The van der Waals surface area contributed by atoms with E-state index in [4.69, 9.17) is 4.74 Å². The Morgan fingerprint density at radius 3 is 2.43 bits per heavy atom. The molecular formula is C15H22FNO3S. The van der Waals surface area contributed by atoms with Gasteiger partial charge in [0.2, 0.25) is 10.0 Å². The van der Waals surface area contributed by atoms with E-state index in [9.17, 15) is 12.8 Å². The summed E-state index contributed by atoms with van der Waals surface area (Å²) in [6.07, 6.45) is 2.27. The van der Waals surface area contributed by atoms with Crippen LogP contribution in [0.2, 0.25) is 0 Å². The Balaban J connectivity index is 1.78. The van der Waals surface area contributed by atoms with Crippen molar-refractivity contribution < 1.29 is 17.5 Å². The minimum Gasteiger partial charge on any atom is -0.493 e. The molecule has 0 radical (unpaired) electrons. The van der Waals surface area contributed by atoms with Crippen molar-refractivity contribution in [2.75, 3.05) is 25.4 Å². The van der Waals surface area contributed by atoms with Gasteiger partial charge in [0, 0.05) is 13.1 Å². The van der Waals surface area contributed by atoms with E-state index in [0.29, 0.717) is 37.8 Å². The standard InChI is InChI=1S/C15H22FNO3S/c1-2-11-21(18,19)17-9-7-13(8-10-17)12-20-15-5-3-14(16)4-6-15/h3-6,13H,2,7-12H2,1H3. The van der Waals surface area contributed by atoms with Crippen LogP contribution in [0.1, 0.15) is 26.2 Å². The molecule has 0 aromatic heterocycles. The lowest BCUT2D eigenvalue weighted by Crippen LogP contribution is -2.40. The molecule has 0 atom stereocenters. The summed E-state index contributed by atoms with van der Waals surface area (Å²) in [6, 6.07) is 5.96. The third-order valence-electron chi connectivity index (χ3n) is 3.73. The van der Waals surface area contributed by atoms with E-state index in [0.717, 1.165) is 12.8 Å². The summed E-state index contributed by atoms with van der Waals surface area (Å²) in [4.78, 5) is 0. The minimum absolute atomic E-state index is 0.226. The van der Waals surface area contributed by atoms with Crippen LogP contribution < -0.4 is 4.74 Å². The number of sulfonamides is 1. The maximum atomic E-state index is 12.8. The molecule has 1 aromatic carbocycles. The van der Waals surface area contributed by atoms with E-state index in [2.05, 4.69) is 0 Å². The number of ether oxygens (including phenoxy) is 1. The van der Waals surface area contributed by atoms with Gasteiger partial charge in [-0.3, -0.25) is 0 Å². The molecule has 1 aromatic rings. The average molecular weight is 315 g/mol. The molecule has 0 bridgehead atoms. The monoisotopic (exact) mass is 315 g/mol. The number of rotatable bonds is 6. The second-order valence-electron chi connectivity index (χ2n) is 5.42. The highest BCUT2D eigenvalue weighted by Gasteiger charge is 2.27. The number of hydrogen-bond acceptors (Lipinski definition) is 3. The Hall–Kier alpha value is -1.14. The molecule has 0 spiro atoms. The van der Waals surface area contributed by atoms with Crippen molar-refractivity contribution >= 4 is 10.0 Å². The Labute approximate surface area is 126 Å². The van der Waals surface area contributed by atoms with E-state index in [1.54, 1.807) is 16.4 Å². The summed E-state index contributed by atoms with van der Waals surface area (Å²) in [5.41, 5.74) is 0. The van der Waals surface area contributed by atoms with E-state index in [-0.39, 0.29) is 11.6 Å². The van der Waals surface area contributed by atoms with Crippen molar-refractivity contribution in [1.82, 2.24) is 4.31 Å². The van der Waals surface area contributed by atoms with Crippen molar-refractivity contribution in [3.63, 3.8) is 0 Å². The molecule has 2 rings (SSSR count). The van der Waals surface area contributed by atoms with E-state index in [1.165, 1.54) is 12.1 Å². The van der Waals surface area contributed by atoms with Gasteiger partial charge in [-0.15, -0.1) is 0 Å². The summed E-state index contributed by atoms with van der Waals surface area (Å²) < 4.78 is 43.9. The molecule has 21 heavy (non-hydrogen) atoms. The highest BCUT2D eigenvalue weighted by molar-refractivity contribution is 7.89. The van der Waals surface area contributed by atoms with Crippen LogP contribution in [0.25, 0.3) is 0 Å². The van der Waals surface area contributed by atoms with Gasteiger partial charge in [-0.2, -0.15) is 0 Å². The predicted octanol–water partition coefficient (Wildman–Crippen LogP) is 2.66. The maximum Gasteiger partial charge on any atom is 0.214 e. The molecule has 1 fully saturated rings. The van der Waals surface area contributed by atoms with Gasteiger partial charge in [-0.05, 0) is 49.4 Å². The van der Waals surface area contributed by atoms with E-state index >= 15 is 0 Å². The number of hydrogen-bond donors (Lipinski definition) is 0. The van der Waals surface area contributed by atoms with Gasteiger partial charge >= 0.3 is 0 Å². The molecule has 0 N–H and O–H groups in total. The van der Waals surface area contributed by atoms with Crippen LogP contribution in [-0.4, -0.2) is 38.2 Å². The summed E-state index contributed by atoms with van der Waals surface area (Å²) in [6.45, 7) is 3.56. The topological polar surface area (TPSA) is 46.6 Å². The normalized spacial score (nSPS) is 17.8. The second-order valence-corrected chi connectivity index (χ2v) is 7.51. The molecule has 118 valence electrons. The van der Waals surface area contributed by atoms with Gasteiger partial charge in [0.1, 0.15) is 11.6 Å². The van der Waals surface area contributed by atoms with Crippen molar-refractivity contribution in [1.29, 1.82) is 0 Å². The molecule has 0 unspecified atom stereocenters. The lowest BCUT2D eigenvalue weighted by atomic mass is 9.99. The molecule has 1 heterocycles. The van der Waals surface area contributed by atoms with E-state index in [1.807, 2.05) is 6.92 Å². The Kier molecular flexibility index (Phi) is 5.58. The minimum atomic E-state index is -3.08. The quantitative estimate of drug-likeness (QED) is 0.811. The third kappa shape index (κ3) is 4.68. The smallest absolute Gasteiger partial charge is 0.214 e. The highest BCUT2D eigenvalue weighted by Crippen LogP contribution is 2.21. The fraction of sp³-hybridized carbons (Fsp3) is 0.600. The Morgan fingerprint density at radius 1 is 1.24 bits per heavy atom. The Morgan fingerprint density at radius 2 is 1.86 bits per heavy atom. The predicted molar refractivity (Wildman–Crippen MR) is 80.3 cm³/mol. The number of benzene rings is 1. The first-order chi connectivity index (χ1) is 10.0. The van der Waals surface area contributed by atoms with Crippen LogP contribution in [0, 0.1) is 11.7 Å². The summed E-state index contributed by atoms with van der Waals surface area (Å²) in [5.74, 6) is 0.946. The summed E-state index contributed by atoms with van der Waals surface area (Å²) >= 11 is 0. The van der Waals surface area contributed by atoms with Gasteiger partial charge < -0.3 is 4.74 Å². The van der Waals surface area contributed by atoms with Gasteiger partial charge in [0.05, 0.1) is 12.4 Å². The fourth-order valence-electron chi connectivity index (χ4n) is 2.49. The van der Waals surface area contributed by atoms with Gasteiger partial charge in [0.15, 0.2) is 0 Å². The average Bonchev–Trinajstić information content (AvgIpc) is 2.47. The van der Waals surface area contributed by atoms with Crippen molar-refractivity contribution in [2.24, 2.45) is 5.92 Å². The first kappa shape index (κ1) is 16.2. The molecule has 1 aliphatic rings. The number of piperidine rings is 1. The zero-order valence-electron chi connectivity index (χ0n) is 12.3. The molecule has 1 saturated heterocycles. The van der Waals surface area contributed by atoms with E-state index < -0.39 is 10.0 Å². The third-order valence-corrected chi connectivity index (χ3v) is 5.80. The SMILES string of the molecule is CCCS(=O)(=O)N1CCC(COc2ccc(F)cc2)CC1.